The summed E-state index contributed by atoms with van der Waals surface area (Å²) in [7, 11) is 1.89. The van der Waals surface area contributed by atoms with E-state index in [1.54, 1.807) is 11.1 Å². The first-order valence-electron chi connectivity index (χ1n) is 11.7. The van der Waals surface area contributed by atoms with Gasteiger partial charge in [0.15, 0.2) is 0 Å². The third-order valence-corrected chi connectivity index (χ3v) is 6.75. The molecule has 1 aromatic carbocycles. The molecule has 1 N–H and O–H groups in total. The molecule has 10 nitrogen and oxygen atoms in total. The summed E-state index contributed by atoms with van der Waals surface area (Å²) in [5.41, 5.74) is 6.18. The molecule has 5 heterocycles. The average Bonchev–Trinajstić information content (AvgIpc) is 3.57. The number of hydrogen-bond acceptors (Lipinski definition) is 6. The Morgan fingerprint density at radius 2 is 1.92 bits per heavy atom. The van der Waals surface area contributed by atoms with E-state index in [1.165, 1.54) is 0 Å². The zero-order valence-electron chi connectivity index (χ0n) is 19.6. The van der Waals surface area contributed by atoms with Crippen molar-refractivity contribution in [2.45, 2.75) is 32.0 Å². The molecule has 4 aromatic rings. The number of carbonyl (C=O) groups is 3. The van der Waals surface area contributed by atoms with Crippen LogP contribution in [-0.2, 0) is 29.7 Å². The average molecular weight is 482 g/mol. The number of nitrogens with one attached hydrogen (secondary N) is 1. The van der Waals surface area contributed by atoms with E-state index in [4.69, 9.17) is 0 Å². The zero-order chi connectivity index (χ0) is 24.8. The van der Waals surface area contributed by atoms with Crippen LogP contribution in [0, 0.1) is 0 Å². The number of benzene rings is 1. The third-order valence-electron chi connectivity index (χ3n) is 6.75. The third kappa shape index (κ3) is 3.76. The fraction of sp³-hybridized carbons (Fsp3) is 0.231. The Morgan fingerprint density at radius 1 is 1.03 bits per heavy atom. The Bertz CT molecular complexity index is 1500. The highest BCUT2D eigenvalue weighted by Gasteiger charge is 2.39. The zero-order valence-corrected chi connectivity index (χ0v) is 19.6. The minimum atomic E-state index is -0.634. The number of amides is 3. The lowest BCUT2D eigenvalue weighted by Crippen LogP contribution is -2.52. The molecule has 36 heavy (non-hydrogen) atoms. The number of fused-ring (bicyclic) bond motifs is 1. The minimum absolute atomic E-state index is 0.186. The molecule has 1 fully saturated rings. The molecule has 2 aliphatic rings. The van der Waals surface area contributed by atoms with E-state index in [1.807, 2.05) is 71.5 Å². The number of imide groups is 1. The molecule has 0 aliphatic carbocycles. The van der Waals surface area contributed by atoms with E-state index in [0.717, 1.165) is 33.5 Å². The van der Waals surface area contributed by atoms with Gasteiger partial charge in [-0.05, 0) is 41.3 Å². The summed E-state index contributed by atoms with van der Waals surface area (Å²) in [4.78, 5) is 42.6. The first-order chi connectivity index (χ1) is 17.5. The lowest BCUT2D eigenvalue weighted by atomic mass is 9.99. The van der Waals surface area contributed by atoms with E-state index >= 15 is 0 Å². The maximum atomic E-state index is 13.0. The molecular formula is C26H23N7O3. The molecule has 0 spiro atoms. The van der Waals surface area contributed by atoms with E-state index in [2.05, 4.69) is 20.5 Å². The highest BCUT2D eigenvalue weighted by molar-refractivity contribution is 6.05. The summed E-state index contributed by atoms with van der Waals surface area (Å²) in [6.07, 6.45) is 9.75. The summed E-state index contributed by atoms with van der Waals surface area (Å²) >= 11 is 0. The predicted octanol–water partition coefficient (Wildman–Crippen LogP) is 2.15. The second-order valence-electron chi connectivity index (χ2n) is 9.09. The number of aromatic nitrogens is 5. The fourth-order valence-electron chi connectivity index (χ4n) is 4.98. The van der Waals surface area contributed by atoms with Gasteiger partial charge in [0.2, 0.25) is 11.8 Å². The summed E-state index contributed by atoms with van der Waals surface area (Å²) in [5, 5.41) is 11.3. The molecule has 1 unspecified atom stereocenters. The number of pyridine rings is 1. The van der Waals surface area contributed by atoms with Crippen molar-refractivity contribution in [3.8, 4) is 22.4 Å². The van der Waals surface area contributed by atoms with E-state index in [0.29, 0.717) is 25.1 Å². The highest BCUT2D eigenvalue weighted by Crippen LogP contribution is 2.35. The van der Waals surface area contributed by atoms with Gasteiger partial charge in [0.1, 0.15) is 6.04 Å². The molecule has 6 rings (SSSR count). The number of piperidine rings is 1. The normalized spacial score (nSPS) is 17.4. The molecule has 1 saturated heterocycles. The van der Waals surface area contributed by atoms with Gasteiger partial charge in [-0.3, -0.25) is 34.0 Å². The van der Waals surface area contributed by atoms with Crippen LogP contribution in [-0.4, -0.2) is 53.2 Å². The van der Waals surface area contributed by atoms with E-state index < -0.39 is 11.9 Å². The Morgan fingerprint density at radius 3 is 2.72 bits per heavy atom. The van der Waals surface area contributed by atoms with Gasteiger partial charge in [0, 0.05) is 55.3 Å². The quantitative estimate of drug-likeness (QED) is 0.437. The van der Waals surface area contributed by atoms with Gasteiger partial charge < -0.3 is 4.90 Å². The van der Waals surface area contributed by atoms with Crippen LogP contribution in [0.4, 0.5) is 0 Å². The summed E-state index contributed by atoms with van der Waals surface area (Å²) < 4.78 is 3.68. The molecule has 3 aromatic heterocycles. The molecule has 3 amide bonds. The van der Waals surface area contributed by atoms with Gasteiger partial charge in [0.25, 0.3) is 5.91 Å². The Balaban J connectivity index is 1.28. The SMILES string of the molecule is Cn1ncc(-c2ccc3c(c2)CN(C2CCC(=O)NC2=O)C3=O)c1-c1cnn(Cc2cccnc2)c1. The number of aryl methyl sites for hydroxylation is 1. The van der Waals surface area contributed by atoms with E-state index in [-0.39, 0.29) is 18.2 Å². The first kappa shape index (κ1) is 21.9. The van der Waals surface area contributed by atoms with Crippen LogP contribution in [0.25, 0.3) is 22.4 Å². The molecule has 10 heteroatoms. The number of rotatable bonds is 5. The van der Waals surface area contributed by atoms with E-state index in [9.17, 15) is 14.4 Å². The van der Waals surface area contributed by atoms with Gasteiger partial charge >= 0.3 is 0 Å². The lowest BCUT2D eigenvalue weighted by molar-refractivity contribution is -0.136. The highest BCUT2D eigenvalue weighted by atomic mass is 16.2. The van der Waals surface area contributed by atoms with Crippen molar-refractivity contribution >= 4 is 17.7 Å². The van der Waals surface area contributed by atoms with Crippen LogP contribution < -0.4 is 5.32 Å². The minimum Gasteiger partial charge on any atom is -0.322 e. The Hall–Kier alpha value is -4.60. The predicted molar refractivity (Wildman–Crippen MR) is 129 cm³/mol. The van der Waals surface area contributed by atoms with Crippen LogP contribution >= 0.6 is 0 Å². The van der Waals surface area contributed by atoms with Crippen LogP contribution in [0.5, 0.6) is 0 Å². The molecule has 0 radical (unpaired) electrons. The number of hydrogen-bond donors (Lipinski definition) is 1. The fourth-order valence-corrected chi connectivity index (χ4v) is 4.98. The van der Waals surface area contributed by atoms with Gasteiger partial charge in [0.05, 0.1) is 24.6 Å². The topological polar surface area (TPSA) is 115 Å². The lowest BCUT2D eigenvalue weighted by Gasteiger charge is -2.29. The second-order valence-corrected chi connectivity index (χ2v) is 9.09. The summed E-state index contributed by atoms with van der Waals surface area (Å²) in [6.45, 7) is 0.936. The van der Waals surface area contributed by atoms with Crippen LogP contribution in [0.3, 0.4) is 0 Å². The monoisotopic (exact) mass is 481 g/mol. The summed E-state index contributed by atoms with van der Waals surface area (Å²) in [5.74, 6) is -0.893. The molecule has 180 valence electrons. The smallest absolute Gasteiger partial charge is 0.255 e. The second kappa shape index (κ2) is 8.56. The van der Waals surface area contributed by atoms with Gasteiger partial charge in [-0.15, -0.1) is 0 Å². The molecule has 2 aliphatic heterocycles. The van der Waals surface area contributed by atoms with Crippen LogP contribution in [0.2, 0.25) is 0 Å². The molecular weight excluding hydrogens is 458 g/mol. The van der Waals surface area contributed by atoms with Crippen molar-refractivity contribution in [2.24, 2.45) is 7.05 Å². The first-order valence-corrected chi connectivity index (χ1v) is 11.7. The molecule has 1 atom stereocenters. The van der Waals surface area contributed by atoms with Crippen molar-refractivity contribution in [2.75, 3.05) is 0 Å². The summed E-state index contributed by atoms with van der Waals surface area (Å²) in [6, 6.07) is 8.98. The van der Waals surface area contributed by atoms with Crippen LogP contribution in [0.1, 0.15) is 34.3 Å². The van der Waals surface area contributed by atoms with Gasteiger partial charge in [-0.1, -0.05) is 12.1 Å². The van der Waals surface area contributed by atoms with Crippen molar-refractivity contribution in [3.63, 3.8) is 0 Å². The number of nitrogens with zero attached hydrogens (tertiary/aromatic N) is 6. The van der Waals surface area contributed by atoms with Gasteiger partial charge in [-0.25, -0.2) is 0 Å². The van der Waals surface area contributed by atoms with Crippen molar-refractivity contribution in [1.82, 2.24) is 34.8 Å². The van der Waals surface area contributed by atoms with Crippen molar-refractivity contribution in [3.05, 3.63) is 78.0 Å². The van der Waals surface area contributed by atoms with Crippen LogP contribution in [0.15, 0.2) is 61.3 Å². The largest absolute Gasteiger partial charge is 0.322 e. The Labute approximate surface area is 206 Å². The van der Waals surface area contributed by atoms with Gasteiger partial charge in [-0.2, -0.15) is 10.2 Å². The molecule has 0 bridgehead atoms. The maximum Gasteiger partial charge on any atom is 0.255 e. The standard InChI is InChI=1S/C26H23N7O3/c1-31-24(19-11-29-32(14-19)13-16-3-2-8-27-10-16)21(12-28-31)17-4-5-20-18(9-17)15-33(26(20)36)22-6-7-23(34)30-25(22)35/h2-5,8-12,14,22H,6-7,13,15H2,1H3,(H,30,34,35). The number of carbonyl (C=O) groups excluding carboxylic acids is 3. The maximum absolute atomic E-state index is 13.0. The Kier molecular flexibility index (Phi) is 5.21. The van der Waals surface area contributed by atoms with Crippen molar-refractivity contribution in [1.29, 1.82) is 0 Å². The molecule has 0 saturated carbocycles. The van der Waals surface area contributed by atoms with Crippen molar-refractivity contribution < 1.29 is 14.4 Å².